The van der Waals surface area contributed by atoms with Gasteiger partial charge in [0.05, 0.1) is 0 Å². The van der Waals surface area contributed by atoms with E-state index in [9.17, 15) is 4.79 Å². The van der Waals surface area contributed by atoms with Gasteiger partial charge in [-0.2, -0.15) is 0 Å². The SMILES string of the molecule is CCc1cccc(C(=O)Nc2ccc[n+](C)c2)c1. The van der Waals surface area contributed by atoms with Crippen molar-refractivity contribution in [2.75, 3.05) is 5.32 Å². The fraction of sp³-hybridized carbons (Fsp3) is 0.200. The summed E-state index contributed by atoms with van der Waals surface area (Å²) in [6.07, 6.45) is 4.73. The molecule has 0 aliphatic rings. The molecule has 0 spiro atoms. The maximum atomic E-state index is 12.1. The van der Waals surface area contributed by atoms with E-state index >= 15 is 0 Å². The summed E-state index contributed by atoms with van der Waals surface area (Å²) in [5.41, 5.74) is 2.66. The molecule has 3 heteroatoms. The van der Waals surface area contributed by atoms with Gasteiger partial charge < -0.3 is 5.32 Å². The lowest BCUT2D eigenvalue weighted by atomic mass is 10.1. The van der Waals surface area contributed by atoms with Gasteiger partial charge in [-0.25, -0.2) is 4.57 Å². The van der Waals surface area contributed by atoms with Crippen LogP contribution in [0.25, 0.3) is 0 Å². The van der Waals surface area contributed by atoms with E-state index in [1.165, 1.54) is 5.56 Å². The summed E-state index contributed by atoms with van der Waals surface area (Å²) in [6.45, 7) is 2.08. The maximum absolute atomic E-state index is 12.1. The molecule has 1 amide bonds. The molecule has 1 aromatic carbocycles. The Labute approximate surface area is 107 Å². The Hall–Kier alpha value is -2.16. The van der Waals surface area contributed by atoms with Crippen LogP contribution in [0.3, 0.4) is 0 Å². The molecule has 0 atom stereocenters. The van der Waals surface area contributed by atoms with E-state index in [2.05, 4.69) is 12.2 Å². The molecule has 1 aromatic heterocycles. The predicted octanol–water partition coefficient (Wildman–Crippen LogP) is 2.33. The van der Waals surface area contributed by atoms with E-state index in [1.807, 2.05) is 60.4 Å². The molecule has 0 aliphatic carbocycles. The quantitative estimate of drug-likeness (QED) is 0.822. The van der Waals surface area contributed by atoms with Crippen molar-refractivity contribution in [3.05, 3.63) is 59.9 Å². The van der Waals surface area contributed by atoms with Crippen LogP contribution in [0.5, 0.6) is 0 Å². The van der Waals surface area contributed by atoms with Gasteiger partial charge in [0.25, 0.3) is 5.91 Å². The summed E-state index contributed by atoms with van der Waals surface area (Å²) >= 11 is 0. The van der Waals surface area contributed by atoms with Crippen LogP contribution in [-0.2, 0) is 13.5 Å². The zero-order valence-electron chi connectivity index (χ0n) is 10.7. The van der Waals surface area contributed by atoms with E-state index in [1.54, 1.807) is 0 Å². The van der Waals surface area contributed by atoms with Crippen LogP contribution in [0, 0.1) is 0 Å². The minimum atomic E-state index is -0.0727. The zero-order valence-corrected chi connectivity index (χ0v) is 10.7. The lowest BCUT2D eigenvalue weighted by Crippen LogP contribution is -2.27. The van der Waals surface area contributed by atoms with Gasteiger partial charge in [0, 0.05) is 11.6 Å². The summed E-state index contributed by atoms with van der Waals surface area (Å²) < 4.78 is 1.90. The topological polar surface area (TPSA) is 33.0 Å². The van der Waals surface area contributed by atoms with Crippen molar-refractivity contribution in [3.8, 4) is 0 Å². The molecule has 92 valence electrons. The van der Waals surface area contributed by atoms with Crippen LogP contribution in [0.4, 0.5) is 5.69 Å². The first-order valence-corrected chi connectivity index (χ1v) is 6.04. The number of hydrogen-bond acceptors (Lipinski definition) is 1. The monoisotopic (exact) mass is 241 g/mol. The molecule has 2 aromatic rings. The van der Waals surface area contributed by atoms with Crippen molar-refractivity contribution in [2.24, 2.45) is 7.05 Å². The molecule has 0 unspecified atom stereocenters. The molecule has 0 fully saturated rings. The number of benzene rings is 1. The van der Waals surface area contributed by atoms with Gasteiger partial charge in [-0.3, -0.25) is 4.79 Å². The summed E-state index contributed by atoms with van der Waals surface area (Å²) in [7, 11) is 1.92. The minimum absolute atomic E-state index is 0.0727. The zero-order chi connectivity index (χ0) is 13.0. The van der Waals surface area contributed by atoms with E-state index in [-0.39, 0.29) is 5.91 Å². The van der Waals surface area contributed by atoms with E-state index < -0.39 is 0 Å². The lowest BCUT2D eigenvalue weighted by Gasteiger charge is -2.05. The molecule has 1 N–H and O–H groups in total. The predicted molar refractivity (Wildman–Crippen MR) is 71.4 cm³/mol. The number of carbonyl (C=O) groups excluding carboxylic acids is 1. The maximum Gasteiger partial charge on any atom is 0.255 e. The van der Waals surface area contributed by atoms with Crippen molar-refractivity contribution in [2.45, 2.75) is 13.3 Å². The van der Waals surface area contributed by atoms with Gasteiger partial charge >= 0.3 is 0 Å². The molecule has 0 saturated heterocycles. The highest BCUT2D eigenvalue weighted by molar-refractivity contribution is 6.04. The number of nitrogens with zero attached hydrogens (tertiary/aromatic N) is 1. The molecule has 0 saturated carbocycles. The molecule has 18 heavy (non-hydrogen) atoms. The Balaban J connectivity index is 2.16. The first-order valence-electron chi connectivity index (χ1n) is 6.04. The summed E-state index contributed by atoms with van der Waals surface area (Å²) in [6, 6.07) is 11.5. The average molecular weight is 241 g/mol. The Kier molecular flexibility index (Phi) is 3.72. The number of aryl methyl sites for hydroxylation is 2. The van der Waals surface area contributed by atoms with Crippen molar-refractivity contribution in [3.63, 3.8) is 0 Å². The minimum Gasteiger partial charge on any atom is -0.317 e. The second-order valence-corrected chi connectivity index (χ2v) is 4.27. The molecule has 0 aliphatic heterocycles. The fourth-order valence-corrected chi connectivity index (χ4v) is 1.80. The van der Waals surface area contributed by atoms with Crippen molar-refractivity contribution >= 4 is 11.6 Å². The van der Waals surface area contributed by atoms with Crippen LogP contribution in [0.1, 0.15) is 22.8 Å². The Bertz CT molecular complexity index is 564. The number of amides is 1. The number of pyridine rings is 1. The molecule has 0 bridgehead atoms. The van der Waals surface area contributed by atoms with Gasteiger partial charge in [-0.05, 0) is 30.2 Å². The van der Waals surface area contributed by atoms with Crippen LogP contribution in [0.2, 0.25) is 0 Å². The largest absolute Gasteiger partial charge is 0.317 e. The van der Waals surface area contributed by atoms with Crippen molar-refractivity contribution < 1.29 is 9.36 Å². The first-order chi connectivity index (χ1) is 8.69. The Morgan fingerprint density at radius 3 is 2.83 bits per heavy atom. The van der Waals surface area contributed by atoms with Gasteiger partial charge in [-0.1, -0.05) is 19.1 Å². The number of anilines is 1. The molecule has 3 nitrogen and oxygen atoms in total. The van der Waals surface area contributed by atoms with Gasteiger partial charge in [-0.15, -0.1) is 0 Å². The van der Waals surface area contributed by atoms with E-state index in [0.717, 1.165) is 12.1 Å². The third-order valence-corrected chi connectivity index (χ3v) is 2.79. The highest BCUT2D eigenvalue weighted by atomic mass is 16.1. The van der Waals surface area contributed by atoms with Crippen molar-refractivity contribution in [1.29, 1.82) is 0 Å². The van der Waals surface area contributed by atoms with Crippen LogP contribution < -0.4 is 9.88 Å². The van der Waals surface area contributed by atoms with Crippen LogP contribution in [0.15, 0.2) is 48.8 Å². The lowest BCUT2D eigenvalue weighted by molar-refractivity contribution is -0.670. The van der Waals surface area contributed by atoms with E-state index in [0.29, 0.717) is 5.56 Å². The molecule has 0 radical (unpaired) electrons. The summed E-state index contributed by atoms with van der Waals surface area (Å²) in [5.74, 6) is -0.0727. The highest BCUT2D eigenvalue weighted by Gasteiger charge is 2.07. The number of carbonyl (C=O) groups is 1. The standard InChI is InChI=1S/C15H16N2O/c1-3-12-6-4-7-13(10-12)15(18)16-14-8-5-9-17(2)11-14/h4-11H,3H2,1-2H3/p+1. The molecular weight excluding hydrogens is 224 g/mol. The number of nitrogens with one attached hydrogen (secondary N) is 1. The Morgan fingerprint density at radius 2 is 2.11 bits per heavy atom. The average Bonchev–Trinajstić information content (AvgIpc) is 2.39. The fourth-order valence-electron chi connectivity index (χ4n) is 1.80. The van der Waals surface area contributed by atoms with Gasteiger partial charge in [0.15, 0.2) is 12.4 Å². The van der Waals surface area contributed by atoms with Gasteiger partial charge in [0.1, 0.15) is 12.7 Å². The van der Waals surface area contributed by atoms with Crippen molar-refractivity contribution in [1.82, 2.24) is 0 Å². The Morgan fingerprint density at radius 1 is 1.28 bits per heavy atom. The van der Waals surface area contributed by atoms with Gasteiger partial charge in [0.2, 0.25) is 0 Å². The third kappa shape index (κ3) is 2.94. The van der Waals surface area contributed by atoms with E-state index in [4.69, 9.17) is 0 Å². The molecular formula is C15H17N2O+. The smallest absolute Gasteiger partial charge is 0.255 e. The third-order valence-electron chi connectivity index (χ3n) is 2.79. The first kappa shape index (κ1) is 12.3. The number of rotatable bonds is 3. The highest BCUT2D eigenvalue weighted by Crippen LogP contribution is 2.09. The number of hydrogen-bond donors (Lipinski definition) is 1. The molecule has 2 rings (SSSR count). The second-order valence-electron chi connectivity index (χ2n) is 4.27. The van der Waals surface area contributed by atoms with Crippen LogP contribution in [-0.4, -0.2) is 5.91 Å². The van der Waals surface area contributed by atoms with Crippen LogP contribution >= 0.6 is 0 Å². The number of aromatic nitrogens is 1. The second kappa shape index (κ2) is 5.45. The normalized spacial score (nSPS) is 10.1. The molecule has 1 heterocycles. The summed E-state index contributed by atoms with van der Waals surface area (Å²) in [5, 5.41) is 2.89. The summed E-state index contributed by atoms with van der Waals surface area (Å²) in [4.78, 5) is 12.1.